The van der Waals surface area contributed by atoms with Crippen molar-refractivity contribution in [1.29, 1.82) is 0 Å². The predicted octanol–water partition coefficient (Wildman–Crippen LogP) is 1.29. The van der Waals surface area contributed by atoms with E-state index in [4.69, 9.17) is 0 Å². The van der Waals surface area contributed by atoms with Gasteiger partial charge in [0.15, 0.2) is 9.84 Å². The van der Waals surface area contributed by atoms with Crippen LogP contribution in [0.5, 0.6) is 0 Å². The first kappa shape index (κ1) is 14.0. The third kappa shape index (κ3) is 2.93. The lowest BCUT2D eigenvalue weighted by atomic mass is 9.91. The van der Waals surface area contributed by atoms with Gasteiger partial charge in [-0.25, -0.2) is 8.42 Å². The van der Waals surface area contributed by atoms with E-state index in [2.05, 4.69) is 5.32 Å². The Morgan fingerprint density at radius 3 is 2.63 bits per heavy atom. The SMILES string of the molecule is CNC(c1ccccc1[N+](=O)[O-])C1CCS(=O)(=O)C1. The quantitative estimate of drug-likeness (QED) is 0.664. The number of hydrogen-bond donors (Lipinski definition) is 1. The summed E-state index contributed by atoms with van der Waals surface area (Å²) in [6.45, 7) is 0. The molecule has 0 radical (unpaired) electrons. The molecule has 1 aromatic carbocycles. The van der Waals surface area contributed by atoms with E-state index in [0.29, 0.717) is 12.0 Å². The molecule has 1 aliphatic heterocycles. The topological polar surface area (TPSA) is 89.3 Å². The number of nitrogens with zero attached hydrogens (tertiary/aromatic N) is 1. The first-order valence-electron chi connectivity index (χ1n) is 6.05. The van der Waals surface area contributed by atoms with Gasteiger partial charge in [0.05, 0.1) is 16.4 Å². The van der Waals surface area contributed by atoms with Crippen LogP contribution in [0.4, 0.5) is 5.69 Å². The molecule has 1 N–H and O–H groups in total. The van der Waals surface area contributed by atoms with E-state index in [9.17, 15) is 18.5 Å². The van der Waals surface area contributed by atoms with Crippen LogP contribution < -0.4 is 5.32 Å². The maximum absolute atomic E-state index is 11.5. The summed E-state index contributed by atoms with van der Waals surface area (Å²) in [7, 11) is -1.30. The van der Waals surface area contributed by atoms with Gasteiger partial charge in [0.25, 0.3) is 5.69 Å². The lowest BCUT2D eigenvalue weighted by Gasteiger charge is -2.22. The van der Waals surface area contributed by atoms with Gasteiger partial charge in [-0.05, 0) is 19.4 Å². The van der Waals surface area contributed by atoms with Crippen molar-refractivity contribution in [3.05, 3.63) is 39.9 Å². The van der Waals surface area contributed by atoms with Crippen molar-refractivity contribution in [3.63, 3.8) is 0 Å². The number of rotatable bonds is 4. The molecule has 1 aromatic rings. The molecule has 2 unspecified atom stereocenters. The van der Waals surface area contributed by atoms with E-state index in [1.165, 1.54) is 6.07 Å². The number of hydrogen-bond acceptors (Lipinski definition) is 5. The van der Waals surface area contributed by atoms with Crippen LogP contribution in [0.2, 0.25) is 0 Å². The third-order valence-electron chi connectivity index (χ3n) is 3.52. The summed E-state index contributed by atoms with van der Waals surface area (Å²) < 4.78 is 23.1. The van der Waals surface area contributed by atoms with Crippen LogP contribution in [0, 0.1) is 16.0 Å². The highest BCUT2D eigenvalue weighted by atomic mass is 32.2. The molecule has 0 saturated carbocycles. The van der Waals surface area contributed by atoms with Crippen LogP contribution in [-0.2, 0) is 9.84 Å². The minimum Gasteiger partial charge on any atom is -0.313 e. The van der Waals surface area contributed by atoms with Crippen LogP contribution in [-0.4, -0.2) is 31.9 Å². The van der Waals surface area contributed by atoms with Crippen LogP contribution >= 0.6 is 0 Å². The number of benzene rings is 1. The van der Waals surface area contributed by atoms with Gasteiger partial charge >= 0.3 is 0 Å². The zero-order valence-electron chi connectivity index (χ0n) is 10.6. The van der Waals surface area contributed by atoms with E-state index in [0.717, 1.165) is 0 Å². The second-order valence-electron chi connectivity index (χ2n) is 4.75. The van der Waals surface area contributed by atoms with Crippen LogP contribution in [0.3, 0.4) is 0 Å². The summed E-state index contributed by atoms with van der Waals surface area (Å²) in [5.74, 6) is 0.136. The lowest BCUT2D eigenvalue weighted by molar-refractivity contribution is -0.385. The first-order chi connectivity index (χ1) is 8.94. The highest BCUT2D eigenvalue weighted by Gasteiger charge is 2.36. The molecule has 1 aliphatic rings. The largest absolute Gasteiger partial charge is 0.313 e. The summed E-state index contributed by atoms with van der Waals surface area (Å²) in [4.78, 5) is 10.6. The number of nitro benzene ring substituents is 1. The van der Waals surface area contributed by atoms with Crippen molar-refractivity contribution in [2.45, 2.75) is 12.5 Å². The molecule has 1 fully saturated rings. The Morgan fingerprint density at radius 2 is 2.11 bits per heavy atom. The maximum atomic E-state index is 11.5. The Labute approximate surface area is 111 Å². The van der Waals surface area contributed by atoms with E-state index < -0.39 is 14.8 Å². The van der Waals surface area contributed by atoms with Crippen molar-refractivity contribution in [2.24, 2.45) is 5.92 Å². The summed E-state index contributed by atoms with van der Waals surface area (Å²) in [5, 5.41) is 14.1. The van der Waals surface area contributed by atoms with Gasteiger partial charge in [-0.15, -0.1) is 0 Å². The Kier molecular flexibility index (Phi) is 3.86. The molecular formula is C12H16N2O4S. The lowest BCUT2D eigenvalue weighted by Crippen LogP contribution is -2.26. The molecule has 2 rings (SSSR count). The Hall–Kier alpha value is -1.47. The molecule has 6 nitrogen and oxygen atoms in total. The minimum absolute atomic E-state index is 0.0335. The number of nitro groups is 1. The minimum atomic E-state index is -3.00. The van der Waals surface area contributed by atoms with Crippen molar-refractivity contribution >= 4 is 15.5 Å². The fourth-order valence-corrected chi connectivity index (χ4v) is 4.49. The highest BCUT2D eigenvalue weighted by Crippen LogP contribution is 2.35. The van der Waals surface area contributed by atoms with Crippen molar-refractivity contribution in [3.8, 4) is 0 Å². The molecule has 1 heterocycles. The van der Waals surface area contributed by atoms with Crippen molar-refractivity contribution in [1.82, 2.24) is 5.32 Å². The normalized spacial score (nSPS) is 23.1. The molecular weight excluding hydrogens is 268 g/mol. The van der Waals surface area contributed by atoms with Gasteiger partial charge in [-0.2, -0.15) is 0 Å². The molecule has 7 heteroatoms. The molecule has 0 aliphatic carbocycles. The van der Waals surface area contributed by atoms with Gasteiger partial charge < -0.3 is 5.32 Å². The molecule has 0 spiro atoms. The van der Waals surface area contributed by atoms with Gasteiger partial charge in [0.2, 0.25) is 0 Å². The molecule has 104 valence electrons. The second-order valence-corrected chi connectivity index (χ2v) is 6.97. The molecule has 0 aromatic heterocycles. The average molecular weight is 284 g/mol. The zero-order valence-corrected chi connectivity index (χ0v) is 11.4. The van der Waals surface area contributed by atoms with Crippen molar-refractivity contribution < 1.29 is 13.3 Å². The van der Waals surface area contributed by atoms with Gasteiger partial charge in [-0.1, -0.05) is 18.2 Å². The van der Waals surface area contributed by atoms with E-state index in [1.54, 1.807) is 25.2 Å². The van der Waals surface area contributed by atoms with Crippen LogP contribution in [0.25, 0.3) is 0 Å². The van der Waals surface area contributed by atoms with E-state index in [-0.39, 0.29) is 29.2 Å². The zero-order chi connectivity index (χ0) is 14.0. The summed E-state index contributed by atoms with van der Waals surface area (Å²) in [5.41, 5.74) is 0.586. The maximum Gasteiger partial charge on any atom is 0.274 e. The smallest absolute Gasteiger partial charge is 0.274 e. The monoisotopic (exact) mass is 284 g/mol. The second kappa shape index (κ2) is 5.26. The predicted molar refractivity (Wildman–Crippen MR) is 71.7 cm³/mol. The Balaban J connectivity index is 2.35. The van der Waals surface area contributed by atoms with Gasteiger partial charge in [-0.3, -0.25) is 10.1 Å². The molecule has 19 heavy (non-hydrogen) atoms. The number of para-hydroxylation sites is 1. The fourth-order valence-electron chi connectivity index (χ4n) is 2.65. The van der Waals surface area contributed by atoms with Gasteiger partial charge in [0, 0.05) is 17.7 Å². The van der Waals surface area contributed by atoms with Crippen LogP contribution in [0.15, 0.2) is 24.3 Å². The highest BCUT2D eigenvalue weighted by molar-refractivity contribution is 7.91. The Bertz CT molecular complexity index is 585. The fraction of sp³-hybridized carbons (Fsp3) is 0.500. The third-order valence-corrected chi connectivity index (χ3v) is 5.31. The summed E-state index contributed by atoms with van der Waals surface area (Å²) >= 11 is 0. The summed E-state index contributed by atoms with van der Waals surface area (Å²) in [6.07, 6.45) is 0.542. The van der Waals surface area contributed by atoms with Crippen molar-refractivity contribution in [2.75, 3.05) is 18.6 Å². The number of nitrogens with one attached hydrogen (secondary N) is 1. The standard InChI is InChI=1S/C12H16N2O4S/c1-13-12(9-6-7-19(17,18)8-9)10-4-2-3-5-11(10)14(15)16/h2-5,9,12-13H,6-8H2,1H3. The van der Waals surface area contributed by atoms with E-state index >= 15 is 0 Å². The average Bonchev–Trinajstić information content (AvgIpc) is 2.71. The molecule has 1 saturated heterocycles. The van der Waals surface area contributed by atoms with Crippen LogP contribution in [0.1, 0.15) is 18.0 Å². The summed E-state index contributed by atoms with van der Waals surface area (Å²) in [6, 6.07) is 6.17. The molecule has 2 atom stereocenters. The molecule has 0 bridgehead atoms. The van der Waals surface area contributed by atoms with Gasteiger partial charge in [0.1, 0.15) is 0 Å². The number of sulfone groups is 1. The Morgan fingerprint density at radius 1 is 1.42 bits per heavy atom. The molecule has 0 amide bonds. The van der Waals surface area contributed by atoms with E-state index in [1.807, 2.05) is 0 Å². The first-order valence-corrected chi connectivity index (χ1v) is 7.88.